The molecule has 0 radical (unpaired) electrons. The van der Waals surface area contributed by atoms with E-state index in [1.54, 1.807) is 6.08 Å². The van der Waals surface area contributed by atoms with Crippen LogP contribution in [0.2, 0.25) is 0 Å². The zero-order valence-corrected chi connectivity index (χ0v) is 20.6. The van der Waals surface area contributed by atoms with E-state index in [1.807, 2.05) is 6.08 Å². The summed E-state index contributed by atoms with van der Waals surface area (Å²) in [6.45, 7) is 9.06. The fourth-order valence-corrected chi connectivity index (χ4v) is 4.41. The second kappa shape index (κ2) is 16.3. The number of esters is 1. The summed E-state index contributed by atoms with van der Waals surface area (Å²) in [5, 5.41) is 9.48. The maximum Gasteiger partial charge on any atom is 0.313 e. The summed E-state index contributed by atoms with van der Waals surface area (Å²) in [5.74, 6) is -0.993. The average molecular weight is 437 g/mol. The van der Waals surface area contributed by atoms with Crippen molar-refractivity contribution in [1.82, 2.24) is 0 Å². The molecule has 0 aliphatic heterocycles. The maximum atomic E-state index is 12.8. The Hall–Kier alpha value is -1.32. The van der Waals surface area contributed by atoms with Crippen molar-refractivity contribution in [3.8, 4) is 0 Å². The minimum Gasteiger partial charge on any atom is -0.481 e. The van der Waals surface area contributed by atoms with Crippen molar-refractivity contribution in [2.75, 3.05) is 0 Å². The van der Waals surface area contributed by atoms with E-state index < -0.39 is 17.8 Å². The molecule has 0 aromatic rings. The van der Waals surface area contributed by atoms with Crippen molar-refractivity contribution in [2.45, 2.75) is 124 Å². The van der Waals surface area contributed by atoms with E-state index in [4.69, 9.17) is 4.74 Å². The van der Waals surface area contributed by atoms with Crippen molar-refractivity contribution in [3.05, 3.63) is 12.2 Å². The molecule has 2 unspecified atom stereocenters. The molecule has 1 rings (SSSR count). The van der Waals surface area contributed by atoms with Gasteiger partial charge in [0.25, 0.3) is 0 Å². The molecule has 1 aliphatic carbocycles. The van der Waals surface area contributed by atoms with Gasteiger partial charge in [-0.25, -0.2) is 0 Å². The molecule has 0 heterocycles. The monoisotopic (exact) mass is 436 g/mol. The van der Waals surface area contributed by atoms with Crippen LogP contribution in [-0.4, -0.2) is 23.1 Å². The topological polar surface area (TPSA) is 63.6 Å². The number of carboxylic acids is 1. The number of hydrogen-bond acceptors (Lipinski definition) is 3. The molecule has 1 aliphatic rings. The third kappa shape index (κ3) is 13.0. The molecule has 4 heteroatoms. The van der Waals surface area contributed by atoms with Crippen molar-refractivity contribution in [3.63, 3.8) is 0 Å². The van der Waals surface area contributed by atoms with Gasteiger partial charge in [-0.05, 0) is 50.4 Å². The minimum atomic E-state index is -0.891. The summed E-state index contributed by atoms with van der Waals surface area (Å²) < 4.78 is 5.91. The van der Waals surface area contributed by atoms with Gasteiger partial charge in [0.1, 0.15) is 6.10 Å². The van der Waals surface area contributed by atoms with Crippen LogP contribution in [0.25, 0.3) is 0 Å². The Morgan fingerprint density at radius 3 is 1.77 bits per heavy atom. The van der Waals surface area contributed by atoms with E-state index in [9.17, 15) is 14.7 Å². The Morgan fingerprint density at radius 2 is 1.32 bits per heavy atom. The molecule has 0 bridgehead atoms. The Balaban J connectivity index is 2.49. The first-order valence-corrected chi connectivity index (χ1v) is 12.9. The van der Waals surface area contributed by atoms with Crippen LogP contribution in [0.1, 0.15) is 118 Å². The molecule has 0 aromatic carbocycles. The number of rotatable bonds is 17. The van der Waals surface area contributed by atoms with Crippen LogP contribution in [0.15, 0.2) is 12.2 Å². The third-order valence-electron chi connectivity index (χ3n) is 6.41. The van der Waals surface area contributed by atoms with Crippen LogP contribution in [0.4, 0.5) is 0 Å². The first kappa shape index (κ1) is 27.7. The Bertz CT molecular complexity index is 503. The summed E-state index contributed by atoms with van der Waals surface area (Å²) in [5.41, 5.74) is 0. The lowest BCUT2D eigenvalue weighted by molar-refractivity contribution is -0.160. The Labute approximate surface area is 191 Å². The molecule has 4 nitrogen and oxygen atoms in total. The predicted octanol–water partition coefficient (Wildman–Crippen LogP) is 7.56. The zero-order valence-electron chi connectivity index (χ0n) is 20.6. The number of unbranched alkanes of at least 4 members (excludes halogenated alkanes) is 6. The molecular formula is C27H48O4. The number of allylic oxidation sites excluding steroid dienone is 1. The Kier molecular flexibility index (Phi) is 14.6. The van der Waals surface area contributed by atoms with Crippen LogP contribution in [-0.2, 0) is 14.3 Å². The van der Waals surface area contributed by atoms with Crippen molar-refractivity contribution in [1.29, 1.82) is 0 Å². The molecule has 0 amide bonds. The van der Waals surface area contributed by atoms with Gasteiger partial charge in [0.2, 0.25) is 0 Å². The fraction of sp³-hybridized carbons (Fsp3) is 0.852. The molecule has 0 aromatic heterocycles. The second-order valence-electron chi connectivity index (χ2n) is 10.3. The standard InChI is InChI=1S/C27H48O4/c1-21(2)15-9-5-7-11-17-23(18-12-8-6-10-16-22(3)4)31-27(30)25-20-14-13-19-24(25)26(28)29/h14,20-25H,5-13,15-19H2,1-4H3,(H,28,29). The minimum absolute atomic E-state index is 0.0764. The second-order valence-corrected chi connectivity index (χ2v) is 10.3. The zero-order chi connectivity index (χ0) is 23.1. The highest BCUT2D eigenvalue weighted by Gasteiger charge is 2.35. The number of carboxylic acid groups (broad SMARTS) is 1. The lowest BCUT2D eigenvalue weighted by Gasteiger charge is -2.26. The van der Waals surface area contributed by atoms with Gasteiger partial charge in [0, 0.05) is 0 Å². The van der Waals surface area contributed by atoms with E-state index >= 15 is 0 Å². The van der Waals surface area contributed by atoms with Crippen molar-refractivity contribution >= 4 is 11.9 Å². The van der Waals surface area contributed by atoms with Crippen molar-refractivity contribution < 1.29 is 19.4 Å². The molecule has 0 saturated carbocycles. The third-order valence-corrected chi connectivity index (χ3v) is 6.41. The largest absolute Gasteiger partial charge is 0.481 e. The number of carbonyl (C=O) groups excluding carboxylic acids is 1. The van der Waals surface area contributed by atoms with E-state index in [-0.39, 0.29) is 12.1 Å². The molecule has 1 N–H and O–H groups in total. The van der Waals surface area contributed by atoms with E-state index in [0.717, 1.165) is 43.9 Å². The summed E-state index contributed by atoms with van der Waals surface area (Å²) in [6, 6.07) is 0. The summed E-state index contributed by atoms with van der Waals surface area (Å²) >= 11 is 0. The molecule has 2 atom stereocenters. The maximum absolute atomic E-state index is 12.8. The summed E-state index contributed by atoms with van der Waals surface area (Å²) in [7, 11) is 0. The van der Waals surface area contributed by atoms with E-state index in [2.05, 4.69) is 27.7 Å². The van der Waals surface area contributed by atoms with Crippen LogP contribution in [0.5, 0.6) is 0 Å². The molecule has 0 saturated heterocycles. The number of ether oxygens (including phenoxy) is 1. The van der Waals surface area contributed by atoms with Gasteiger partial charge in [0.05, 0.1) is 11.8 Å². The number of aliphatic carboxylic acids is 1. The van der Waals surface area contributed by atoms with Crippen LogP contribution in [0, 0.1) is 23.7 Å². The van der Waals surface area contributed by atoms with Gasteiger partial charge >= 0.3 is 11.9 Å². The number of hydrogen-bond donors (Lipinski definition) is 1. The van der Waals surface area contributed by atoms with Gasteiger partial charge in [-0.3, -0.25) is 9.59 Å². The molecular weight excluding hydrogens is 388 g/mol. The van der Waals surface area contributed by atoms with Crippen LogP contribution in [0.3, 0.4) is 0 Å². The number of carbonyl (C=O) groups is 2. The SMILES string of the molecule is CC(C)CCCCCCC(CCCCCCC(C)C)OC(=O)C1C=CCCC1C(=O)O. The normalized spacial score (nSPS) is 18.8. The van der Waals surface area contributed by atoms with Gasteiger partial charge in [-0.1, -0.05) is 91.2 Å². The van der Waals surface area contributed by atoms with Gasteiger partial charge in [-0.2, -0.15) is 0 Å². The highest BCUT2D eigenvalue weighted by molar-refractivity contribution is 5.83. The lowest BCUT2D eigenvalue weighted by atomic mass is 9.84. The van der Waals surface area contributed by atoms with Gasteiger partial charge < -0.3 is 9.84 Å². The summed E-state index contributed by atoms with van der Waals surface area (Å²) in [4.78, 5) is 24.4. The highest BCUT2D eigenvalue weighted by atomic mass is 16.5. The molecule has 180 valence electrons. The highest BCUT2D eigenvalue weighted by Crippen LogP contribution is 2.28. The van der Waals surface area contributed by atoms with Gasteiger partial charge in [0.15, 0.2) is 0 Å². The van der Waals surface area contributed by atoms with Crippen LogP contribution >= 0.6 is 0 Å². The first-order chi connectivity index (χ1) is 14.8. The quantitative estimate of drug-likeness (QED) is 0.145. The average Bonchev–Trinajstić information content (AvgIpc) is 2.72. The lowest BCUT2D eigenvalue weighted by Crippen LogP contribution is -2.33. The predicted molar refractivity (Wildman–Crippen MR) is 128 cm³/mol. The van der Waals surface area contributed by atoms with E-state index in [1.165, 1.54) is 51.4 Å². The van der Waals surface area contributed by atoms with Crippen LogP contribution < -0.4 is 0 Å². The van der Waals surface area contributed by atoms with Gasteiger partial charge in [-0.15, -0.1) is 0 Å². The Morgan fingerprint density at radius 1 is 0.839 bits per heavy atom. The van der Waals surface area contributed by atoms with E-state index in [0.29, 0.717) is 6.42 Å². The summed E-state index contributed by atoms with van der Waals surface area (Å²) in [6.07, 6.45) is 18.7. The molecule has 0 fully saturated rings. The molecule has 31 heavy (non-hydrogen) atoms. The molecule has 0 spiro atoms. The van der Waals surface area contributed by atoms with Crippen molar-refractivity contribution in [2.24, 2.45) is 23.7 Å². The smallest absolute Gasteiger partial charge is 0.313 e. The fourth-order valence-electron chi connectivity index (χ4n) is 4.41. The first-order valence-electron chi connectivity index (χ1n) is 12.9.